The van der Waals surface area contributed by atoms with Crippen molar-refractivity contribution in [1.82, 2.24) is 9.97 Å². The minimum Gasteiger partial charge on any atom is -0.512 e. The Bertz CT molecular complexity index is 1040. The third-order valence-corrected chi connectivity index (χ3v) is 4.54. The van der Waals surface area contributed by atoms with Crippen molar-refractivity contribution in [3.63, 3.8) is 0 Å². The van der Waals surface area contributed by atoms with Gasteiger partial charge >= 0.3 is 0 Å². The number of aryl methyl sites for hydroxylation is 1. The molecule has 1 aliphatic rings. The quantitative estimate of drug-likeness (QED) is 0.746. The third kappa shape index (κ3) is 2.92. The lowest BCUT2D eigenvalue weighted by molar-refractivity contribution is -0.113. The molecule has 2 aromatic carbocycles. The van der Waals surface area contributed by atoms with Crippen LogP contribution in [0.1, 0.15) is 30.9 Å². The van der Waals surface area contributed by atoms with Crippen molar-refractivity contribution >= 4 is 22.4 Å². The van der Waals surface area contributed by atoms with Gasteiger partial charge in [0.15, 0.2) is 5.78 Å². The standard InChI is InChI=1S/C21H18N2O3/c1-2-13-7-8-14(11-15(13)21-18(24)9-10-19(21)25)26-20-12-22-16-5-3-4-6-17(16)23-20/h3-8,11-12,24H,2,9-10H2,1H3. The Morgan fingerprint density at radius 3 is 2.65 bits per heavy atom. The molecule has 0 amide bonds. The largest absolute Gasteiger partial charge is 0.512 e. The van der Waals surface area contributed by atoms with E-state index in [1.54, 1.807) is 12.3 Å². The lowest BCUT2D eigenvalue weighted by atomic mass is 9.96. The minimum atomic E-state index is -0.0279. The van der Waals surface area contributed by atoms with E-state index < -0.39 is 0 Å². The molecule has 0 fully saturated rings. The molecule has 0 aliphatic heterocycles. The molecule has 1 aromatic heterocycles. The van der Waals surface area contributed by atoms with Crippen LogP contribution in [-0.4, -0.2) is 20.9 Å². The summed E-state index contributed by atoms with van der Waals surface area (Å²) in [6.45, 7) is 2.02. The number of allylic oxidation sites excluding steroid dienone is 2. The summed E-state index contributed by atoms with van der Waals surface area (Å²) in [5.74, 6) is 1.07. The second-order valence-electron chi connectivity index (χ2n) is 6.22. The number of carbonyl (C=O) groups is 1. The van der Waals surface area contributed by atoms with E-state index in [2.05, 4.69) is 9.97 Å². The summed E-state index contributed by atoms with van der Waals surface area (Å²) in [5.41, 5.74) is 3.70. The Kier molecular flexibility index (Phi) is 4.13. The van der Waals surface area contributed by atoms with E-state index >= 15 is 0 Å². The van der Waals surface area contributed by atoms with E-state index in [1.807, 2.05) is 43.3 Å². The van der Waals surface area contributed by atoms with E-state index in [1.165, 1.54) is 0 Å². The van der Waals surface area contributed by atoms with Crippen LogP contribution in [0.4, 0.5) is 0 Å². The summed E-state index contributed by atoms with van der Waals surface area (Å²) in [6.07, 6.45) is 3.09. The number of benzene rings is 2. The molecule has 1 N–H and O–H groups in total. The van der Waals surface area contributed by atoms with Crippen LogP contribution in [0, 0.1) is 0 Å². The molecule has 1 aliphatic carbocycles. The first kappa shape index (κ1) is 16.3. The summed E-state index contributed by atoms with van der Waals surface area (Å²) >= 11 is 0. The highest BCUT2D eigenvalue weighted by atomic mass is 16.5. The minimum absolute atomic E-state index is 0.0279. The molecular weight excluding hydrogens is 328 g/mol. The van der Waals surface area contributed by atoms with Gasteiger partial charge in [0.05, 0.1) is 22.8 Å². The zero-order valence-electron chi connectivity index (χ0n) is 14.4. The number of hydrogen-bond donors (Lipinski definition) is 1. The van der Waals surface area contributed by atoms with Crippen molar-refractivity contribution in [1.29, 1.82) is 0 Å². The van der Waals surface area contributed by atoms with Gasteiger partial charge in [0, 0.05) is 12.8 Å². The number of rotatable bonds is 4. The second-order valence-corrected chi connectivity index (χ2v) is 6.22. The summed E-state index contributed by atoms with van der Waals surface area (Å²) in [5, 5.41) is 10.1. The Hall–Kier alpha value is -3.21. The summed E-state index contributed by atoms with van der Waals surface area (Å²) in [6, 6.07) is 13.1. The molecule has 5 nitrogen and oxygen atoms in total. The molecule has 5 heteroatoms. The number of Topliss-reactive ketones (excluding diaryl/α,β-unsaturated/α-hetero) is 1. The van der Waals surface area contributed by atoms with Crippen LogP contribution in [0.2, 0.25) is 0 Å². The molecule has 0 unspecified atom stereocenters. The maximum absolute atomic E-state index is 12.2. The van der Waals surface area contributed by atoms with E-state index in [0.29, 0.717) is 30.0 Å². The fourth-order valence-corrected chi connectivity index (χ4v) is 3.22. The number of aliphatic hydroxyl groups is 1. The zero-order chi connectivity index (χ0) is 18.1. The van der Waals surface area contributed by atoms with Gasteiger partial charge in [0.25, 0.3) is 0 Å². The highest BCUT2D eigenvalue weighted by Gasteiger charge is 2.26. The van der Waals surface area contributed by atoms with Crippen molar-refractivity contribution in [3.8, 4) is 11.6 Å². The zero-order valence-corrected chi connectivity index (χ0v) is 14.4. The number of hydrogen-bond acceptors (Lipinski definition) is 5. The van der Waals surface area contributed by atoms with Gasteiger partial charge in [-0.15, -0.1) is 0 Å². The molecule has 4 rings (SSSR count). The number of ketones is 1. The Labute approximate surface area is 151 Å². The molecule has 26 heavy (non-hydrogen) atoms. The number of fused-ring (bicyclic) bond motifs is 1. The van der Waals surface area contributed by atoms with Gasteiger partial charge in [0.2, 0.25) is 5.88 Å². The lowest BCUT2D eigenvalue weighted by Crippen LogP contribution is -2.01. The van der Waals surface area contributed by atoms with Crippen LogP contribution in [0.3, 0.4) is 0 Å². The van der Waals surface area contributed by atoms with E-state index in [4.69, 9.17) is 4.74 Å². The SMILES string of the molecule is CCc1ccc(Oc2cnc3ccccc3n2)cc1C1=C(O)CCC1=O. The van der Waals surface area contributed by atoms with E-state index in [0.717, 1.165) is 28.6 Å². The predicted octanol–water partition coefficient (Wildman–Crippen LogP) is 4.62. The average Bonchev–Trinajstić information content (AvgIpc) is 3.00. The van der Waals surface area contributed by atoms with Crippen LogP contribution >= 0.6 is 0 Å². The van der Waals surface area contributed by atoms with Crippen LogP contribution in [-0.2, 0) is 11.2 Å². The van der Waals surface area contributed by atoms with Crippen molar-refractivity contribution in [2.24, 2.45) is 0 Å². The van der Waals surface area contributed by atoms with Gasteiger partial charge in [-0.2, -0.15) is 0 Å². The van der Waals surface area contributed by atoms with Gasteiger partial charge in [-0.25, -0.2) is 9.97 Å². The van der Waals surface area contributed by atoms with E-state index in [-0.39, 0.29) is 11.5 Å². The highest BCUT2D eigenvalue weighted by Crippen LogP contribution is 2.34. The van der Waals surface area contributed by atoms with Gasteiger partial charge in [0.1, 0.15) is 11.5 Å². The number of nitrogens with zero attached hydrogens (tertiary/aromatic N) is 2. The molecule has 0 saturated carbocycles. The number of para-hydroxylation sites is 2. The third-order valence-electron chi connectivity index (χ3n) is 4.54. The molecule has 0 atom stereocenters. The smallest absolute Gasteiger partial charge is 0.238 e. The van der Waals surface area contributed by atoms with Crippen LogP contribution in [0.25, 0.3) is 16.6 Å². The van der Waals surface area contributed by atoms with Gasteiger partial charge in [-0.3, -0.25) is 4.79 Å². The van der Waals surface area contributed by atoms with Crippen molar-refractivity contribution in [2.45, 2.75) is 26.2 Å². The van der Waals surface area contributed by atoms with Crippen LogP contribution in [0.5, 0.6) is 11.6 Å². The van der Waals surface area contributed by atoms with Crippen LogP contribution < -0.4 is 4.74 Å². The molecule has 1 heterocycles. The van der Waals surface area contributed by atoms with Crippen molar-refractivity contribution in [2.75, 3.05) is 0 Å². The maximum atomic E-state index is 12.2. The summed E-state index contributed by atoms with van der Waals surface area (Å²) < 4.78 is 5.87. The number of aromatic nitrogens is 2. The molecule has 0 bridgehead atoms. The fraction of sp³-hybridized carbons (Fsp3) is 0.190. The van der Waals surface area contributed by atoms with Crippen molar-refractivity contribution < 1.29 is 14.6 Å². The molecule has 0 radical (unpaired) electrons. The molecular formula is C21H18N2O3. The Balaban J connectivity index is 1.72. The molecule has 0 spiro atoms. The Morgan fingerprint density at radius 2 is 1.92 bits per heavy atom. The molecule has 0 saturated heterocycles. The number of carbonyl (C=O) groups excluding carboxylic acids is 1. The first-order valence-electron chi connectivity index (χ1n) is 8.64. The van der Waals surface area contributed by atoms with Gasteiger partial charge in [-0.1, -0.05) is 25.1 Å². The maximum Gasteiger partial charge on any atom is 0.238 e. The number of ether oxygens (including phenoxy) is 1. The topological polar surface area (TPSA) is 72.3 Å². The van der Waals surface area contributed by atoms with Gasteiger partial charge in [-0.05, 0) is 41.8 Å². The fourth-order valence-electron chi connectivity index (χ4n) is 3.22. The second kappa shape index (κ2) is 6.59. The normalized spacial score (nSPS) is 14.3. The first-order valence-corrected chi connectivity index (χ1v) is 8.64. The molecule has 3 aromatic rings. The lowest BCUT2D eigenvalue weighted by Gasteiger charge is -2.12. The van der Waals surface area contributed by atoms with Crippen LogP contribution in [0.15, 0.2) is 54.4 Å². The highest BCUT2D eigenvalue weighted by molar-refractivity contribution is 6.23. The first-order chi connectivity index (χ1) is 12.7. The summed E-state index contributed by atoms with van der Waals surface area (Å²) in [7, 11) is 0. The molecule has 130 valence electrons. The van der Waals surface area contributed by atoms with Gasteiger partial charge < -0.3 is 9.84 Å². The summed E-state index contributed by atoms with van der Waals surface area (Å²) in [4.78, 5) is 21.0. The average molecular weight is 346 g/mol. The predicted molar refractivity (Wildman–Crippen MR) is 99.2 cm³/mol. The monoisotopic (exact) mass is 346 g/mol. The van der Waals surface area contributed by atoms with Crippen molar-refractivity contribution in [3.05, 3.63) is 65.5 Å². The van der Waals surface area contributed by atoms with E-state index in [9.17, 15) is 9.90 Å². The number of aliphatic hydroxyl groups excluding tert-OH is 1. The Morgan fingerprint density at radius 1 is 1.12 bits per heavy atom.